The predicted molar refractivity (Wildman–Crippen MR) is 48.1 cm³/mol. The van der Waals surface area contributed by atoms with Crippen LogP contribution in [0.3, 0.4) is 0 Å². The van der Waals surface area contributed by atoms with Crippen LogP contribution in [0.4, 0.5) is 0 Å². The molecular weight excluding hydrogens is 154 g/mol. The van der Waals surface area contributed by atoms with Crippen LogP contribution in [-0.4, -0.2) is 7.05 Å². The van der Waals surface area contributed by atoms with Gasteiger partial charge in [0.25, 0.3) is 0 Å². The van der Waals surface area contributed by atoms with Crippen LogP contribution in [0.2, 0.25) is 0 Å². The topological polar surface area (TPSA) is 4.44 Å². The first-order chi connectivity index (χ1) is 5.18. The average molecular weight is 168 g/mol. The summed E-state index contributed by atoms with van der Waals surface area (Å²) in [6.07, 6.45) is 0. The van der Waals surface area contributed by atoms with Gasteiger partial charge < -0.3 is 4.90 Å². The molecule has 2 rings (SSSR count). The van der Waals surface area contributed by atoms with Crippen LogP contribution in [-0.2, 0) is 13.1 Å². The van der Waals surface area contributed by atoms with Crippen LogP contribution in [0.5, 0.6) is 0 Å². The third-order valence-corrected chi connectivity index (χ3v) is 3.58. The molecule has 0 spiro atoms. The van der Waals surface area contributed by atoms with Gasteiger partial charge in [-0.1, -0.05) is 0 Å². The Labute approximate surface area is 71.7 Å². The fourth-order valence-corrected chi connectivity index (χ4v) is 3.00. The van der Waals surface area contributed by atoms with E-state index in [4.69, 9.17) is 0 Å². The number of quaternary nitrogens is 1. The average Bonchev–Trinajstić information content (AvgIpc) is 2.38. The molecule has 0 saturated carbocycles. The van der Waals surface area contributed by atoms with E-state index in [9.17, 15) is 0 Å². The number of rotatable bonds is 0. The zero-order chi connectivity index (χ0) is 8.01. The fraction of sp³-hybridized carbons (Fsp3) is 0.556. The van der Waals surface area contributed by atoms with E-state index in [2.05, 4.69) is 20.9 Å². The molecule has 0 aliphatic carbocycles. The number of nitrogens with one attached hydrogen (secondary N) is 1. The van der Waals surface area contributed by atoms with E-state index in [1.165, 1.54) is 22.8 Å². The second kappa shape index (κ2) is 2.32. The van der Waals surface area contributed by atoms with Crippen LogP contribution in [0.25, 0.3) is 0 Å². The number of hydrogen-bond acceptors (Lipinski definition) is 1. The predicted octanol–water partition coefficient (Wildman–Crippen LogP) is 0.893. The molecule has 0 radical (unpaired) electrons. The van der Waals surface area contributed by atoms with Crippen molar-refractivity contribution in [2.75, 3.05) is 7.05 Å². The van der Waals surface area contributed by atoms with E-state index in [1.807, 2.05) is 11.3 Å². The Bertz CT molecular complexity index is 261. The zero-order valence-corrected chi connectivity index (χ0v) is 8.14. The highest BCUT2D eigenvalue weighted by molar-refractivity contribution is 7.12. The van der Waals surface area contributed by atoms with Gasteiger partial charge in [-0.2, -0.15) is 0 Å². The molecule has 60 valence electrons. The van der Waals surface area contributed by atoms with Crippen molar-refractivity contribution in [2.45, 2.75) is 26.9 Å². The summed E-state index contributed by atoms with van der Waals surface area (Å²) >= 11 is 1.96. The number of aryl methyl sites for hydroxylation is 2. The minimum absolute atomic E-state index is 1.24. The number of fused-ring (bicyclic) bond motifs is 1. The number of hydrogen-bond donors (Lipinski definition) is 1. The molecule has 1 aliphatic rings. The maximum atomic E-state index is 2.27. The molecule has 0 bridgehead atoms. The Hall–Kier alpha value is -0.340. The van der Waals surface area contributed by atoms with Gasteiger partial charge in [0.05, 0.1) is 7.05 Å². The normalized spacial score (nSPS) is 17.4. The van der Waals surface area contributed by atoms with Gasteiger partial charge >= 0.3 is 0 Å². The van der Waals surface area contributed by atoms with E-state index in [0.717, 1.165) is 0 Å². The maximum Gasteiger partial charge on any atom is 0.104 e. The van der Waals surface area contributed by atoms with Crippen molar-refractivity contribution >= 4 is 11.3 Å². The van der Waals surface area contributed by atoms with Gasteiger partial charge in [-0.25, -0.2) is 0 Å². The van der Waals surface area contributed by atoms with Gasteiger partial charge in [0.15, 0.2) is 0 Å². The van der Waals surface area contributed by atoms with Gasteiger partial charge in [-0.3, -0.25) is 0 Å². The molecule has 0 amide bonds. The molecule has 11 heavy (non-hydrogen) atoms. The largest absolute Gasteiger partial charge is 0.330 e. The number of thiophene rings is 1. The van der Waals surface area contributed by atoms with Crippen molar-refractivity contribution in [1.29, 1.82) is 0 Å². The molecule has 1 aromatic heterocycles. The van der Waals surface area contributed by atoms with Crippen LogP contribution < -0.4 is 4.90 Å². The Kier molecular flexibility index (Phi) is 1.55. The molecule has 0 fully saturated rings. The molecule has 0 atom stereocenters. The smallest absolute Gasteiger partial charge is 0.104 e. The van der Waals surface area contributed by atoms with Gasteiger partial charge in [-0.15, -0.1) is 11.3 Å². The molecule has 1 aliphatic heterocycles. The van der Waals surface area contributed by atoms with Crippen molar-refractivity contribution < 1.29 is 4.90 Å². The summed E-state index contributed by atoms with van der Waals surface area (Å²) in [5.74, 6) is 0. The Morgan fingerprint density at radius 2 is 1.55 bits per heavy atom. The van der Waals surface area contributed by atoms with Crippen LogP contribution in [0, 0.1) is 13.8 Å². The molecule has 0 aromatic carbocycles. The molecule has 0 unspecified atom stereocenters. The van der Waals surface area contributed by atoms with Crippen molar-refractivity contribution in [3.63, 3.8) is 0 Å². The molecule has 1 N–H and O–H groups in total. The third kappa shape index (κ3) is 1.01. The Morgan fingerprint density at radius 3 is 2.00 bits per heavy atom. The first kappa shape index (κ1) is 7.32. The lowest BCUT2D eigenvalue weighted by molar-refractivity contribution is -0.900. The van der Waals surface area contributed by atoms with Crippen LogP contribution >= 0.6 is 11.3 Å². The summed E-state index contributed by atoms with van der Waals surface area (Å²) in [4.78, 5) is 4.71. The maximum absolute atomic E-state index is 2.27. The van der Waals surface area contributed by atoms with E-state index >= 15 is 0 Å². The first-order valence-corrected chi connectivity index (χ1v) is 4.89. The van der Waals surface area contributed by atoms with Crippen LogP contribution in [0.1, 0.15) is 20.9 Å². The highest BCUT2D eigenvalue weighted by atomic mass is 32.1. The second-order valence-electron chi connectivity index (χ2n) is 3.48. The van der Waals surface area contributed by atoms with Crippen molar-refractivity contribution in [2.24, 2.45) is 0 Å². The lowest BCUT2D eigenvalue weighted by Gasteiger charge is -2.02. The van der Waals surface area contributed by atoms with Gasteiger partial charge in [0.2, 0.25) is 0 Å². The van der Waals surface area contributed by atoms with Gasteiger partial charge in [0, 0.05) is 20.9 Å². The Balaban J connectivity index is 2.51. The van der Waals surface area contributed by atoms with E-state index in [-0.39, 0.29) is 0 Å². The fourth-order valence-electron chi connectivity index (χ4n) is 1.91. The molecule has 2 heteroatoms. The highest BCUT2D eigenvalue weighted by Crippen LogP contribution is 2.28. The summed E-state index contributed by atoms with van der Waals surface area (Å²) in [7, 11) is 2.27. The van der Waals surface area contributed by atoms with E-state index in [1.54, 1.807) is 16.0 Å². The van der Waals surface area contributed by atoms with Crippen molar-refractivity contribution in [1.82, 2.24) is 0 Å². The second-order valence-corrected chi connectivity index (χ2v) is 4.91. The van der Waals surface area contributed by atoms with Crippen LogP contribution in [0.15, 0.2) is 0 Å². The minimum Gasteiger partial charge on any atom is -0.330 e. The quantitative estimate of drug-likeness (QED) is 0.587. The van der Waals surface area contributed by atoms with Gasteiger partial charge in [-0.05, 0) is 13.8 Å². The molecule has 2 heterocycles. The third-order valence-electron chi connectivity index (χ3n) is 2.48. The lowest BCUT2D eigenvalue weighted by Crippen LogP contribution is -3.04. The summed E-state index contributed by atoms with van der Waals surface area (Å²) in [5.41, 5.74) is 3.26. The standard InChI is InChI=1S/C9H13NS/c1-6-8-4-10(3)5-9(8)7(2)11-6/h4-5H2,1-3H3/p+1. The van der Waals surface area contributed by atoms with Crippen molar-refractivity contribution in [3.8, 4) is 0 Å². The van der Waals surface area contributed by atoms with E-state index in [0.29, 0.717) is 0 Å². The van der Waals surface area contributed by atoms with Crippen molar-refractivity contribution in [3.05, 3.63) is 20.9 Å². The highest BCUT2D eigenvalue weighted by Gasteiger charge is 2.24. The monoisotopic (exact) mass is 168 g/mol. The summed E-state index contributed by atoms with van der Waals surface area (Å²) in [6.45, 7) is 6.97. The minimum atomic E-state index is 1.24. The molecule has 0 saturated heterocycles. The molecule has 1 aromatic rings. The molecular formula is C9H14NS+. The summed E-state index contributed by atoms with van der Waals surface area (Å²) < 4.78 is 0. The summed E-state index contributed by atoms with van der Waals surface area (Å²) in [6, 6.07) is 0. The zero-order valence-electron chi connectivity index (χ0n) is 7.32. The first-order valence-electron chi connectivity index (χ1n) is 4.07. The summed E-state index contributed by atoms with van der Waals surface area (Å²) in [5, 5.41) is 0. The Morgan fingerprint density at radius 1 is 1.09 bits per heavy atom. The molecule has 1 nitrogen and oxygen atoms in total. The lowest BCUT2D eigenvalue weighted by atomic mass is 10.2. The SMILES string of the molecule is Cc1sc(C)c2c1C[NH+](C)C2. The van der Waals surface area contributed by atoms with E-state index < -0.39 is 0 Å². The van der Waals surface area contributed by atoms with Gasteiger partial charge in [0.1, 0.15) is 13.1 Å².